The van der Waals surface area contributed by atoms with Crippen LogP contribution in [-0.4, -0.2) is 14.9 Å². The third-order valence-corrected chi connectivity index (χ3v) is 4.06. The van der Waals surface area contributed by atoms with Crippen LogP contribution in [-0.2, 0) is 13.2 Å². The SMILES string of the molecule is Cc1ccc2c(CO)nn(Cc3ccc(Cl)cc3Cl)c2c1. The summed E-state index contributed by atoms with van der Waals surface area (Å²) in [6, 6.07) is 11.5. The first-order valence-electron chi connectivity index (χ1n) is 6.59. The predicted octanol–water partition coefficient (Wildman–Crippen LogP) is 4.19. The number of aliphatic hydroxyl groups excluding tert-OH is 1. The van der Waals surface area contributed by atoms with Crippen LogP contribution >= 0.6 is 23.2 Å². The van der Waals surface area contributed by atoms with Crippen LogP contribution in [0.4, 0.5) is 0 Å². The minimum Gasteiger partial charge on any atom is -0.390 e. The summed E-state index contributed by atoms with van der Waals surface area (Å²) in [6.45, 7) is 2.49. The van der Waals surface area contributed by atoms with Gasteiger partial charge in [-0.1, -0.05) is 41.4 Å². The van der Waals surface area contributed by atoms with Gasteiger partial charge >= 0.3 is 0 Å². The highest BCUT2D eigenvalue weighted by atomic mass is 35.5. The van der Waals surface area contributed by atoms with Crippen molar-refractivity contribution in [2.75, 3.05) is 0 Å². The molecule has 0 saturated heterocycles. The van der Waals surface area contributed by atoms with Crippen LogP contribution in [0, 0.1) is 6.92 Å². The quantitative estimate of drug-likeness (QED) is 0.785. The minimum absolute atomic E-state index is 0.0824. The Morgan fingerprint density at radius 2 is 1.95 bits per heavy atom. The van der Waals surface area contributed by atoms with E-state index in [1.807, 2.05) is 35.9 Å². The molecule has 3 rings (SSSR count). The van der Waals surface area contributed by atoms with Crippen molar-refractivity contribution in [1.82, 2.24) is 9.78 Å². The van der Waals surface area contributed by atoms with Crippen molar-refractivity contribution in [2.24, 2.45) is 0 Å². The smallest absolute Gasteiger partial charge is 0.0957 e. The summed E-state index contributed by atoms with van der Waals surface area (Å²) in [5.74, 6) is 0. The molecule has 0 fully saturated rings. The Hall–Kier alpha value is -1.55. The molecule has 108 valence electrons. The van der Waals surface area contributed by atoms with E-state index in [1.54, 1.807) is 6.07 Å². The molecule has 0 aliphatic carbocycles. The molecular weight excluding hydrogens is 307 g/mol. The van der Waals surface area contributed by atoms with Crippen molar-refractivity contribution in [3.05, 3.63) is 63.3 Å². The van der Waals surface area contributed by atoms with Crippen molar-refractivity contribution < 1.29 is 5.11 Å². The molecule has 0 amide bonds. The molecule has 2 aromatic carbocycles. The van der Waals surface area contributed by atoms with E-state index in [4.69, 9.17) is 23.2 Å². The summed E-state index contributed by atoms with van der Waals surface area (Å²) >= 11 is 12.2. The number of aliphatic hydroxyl groups is 1. The maximum atomic E-state index is 9.46. The zero-order chi connectivity index (χ0) is 15.0. The summed E-state index contributed by atoms with van der Waals surface area (Å²) in [5.41, 5.74) is 3.76. The van der Waals surface area contributed by atoms with Gasteiger partial charge in [-0.25, -0.2) is 0 Å². The highest BCUT2D eigenvalue weighted by Gasteiger charge is 2.11. The van der Waals surface area contributed by atoms with Gasteiger partial charge in [-0.05, 0) is 36.2 Å². The van der Waals surface area contributed by atoms with Crippen molar-refractivity contribution in [3.63, 3.8) is 0 Å². The molecule has 3 aromatic rings. The topological polar surface area (TPSA) is 38.1 Å². The van der Waals surface area contributed by atoms with Gasteiger partial charge in [0.2, 0.25) is 0 Å². The summed E-state index contributed by atoms with van der Waals surface area (Å²) in [5, 5.41) is 16.1. The Morgan fingerprint density at radius 3 is 2.67 bits per heavy atom. The number of fused-ring (bicyclic) bond motifs is 1. The van der Waals surface area contributed by atoms with Crippen molar-refractivity contribution in [2.45, 2.75) is 20.1 Å². The molecule has 0 radical (unpaired) electrons. The van der Waals surface area contributed by atoms with E-state index in [9.17, 15) is 5.11 Å². The van der Waals surface area contributed by atoms with E-state index in [0.29, 0.717) is 22.3 Å². The summed E-state index contributed by atoms with van der Waals surface area (Å²) in [6.07, 6.45) is 0. The van der Waals surface area contributed by atoms with E-state index in [1.165, 1.54) is 0 Å². The molecule has 0 unspecified atom stereocenters. The Bertz CT molecular complexity index is 811. The number of hydrogen-bond donors (Lipinski definition) is 1. The van der Waals surface area contributed by atoms with Crippen LogP contribution in [0.3, 0.4) is 0 Å². The number of halogens is 2. The third-order valence-electron chi connectivity index (χ3n) is 3.47. The second-order valence-corrected chi connectivity index (χ2v) is 5.86. The third kappa shape index (κ3) is 2.77. The largest absolute Gasteiger partial charge is 0.390 e. The number of rotatable bonds is 3. The average molecular weight is 321 g/mol. The predicted molar refractivity (Wildman–Crippen MR) is 86.0 cm³/mol. The monoisotopic (exact) mass is 320 g/mol. The minimum atomic E-state index is -0.0824. The van der Waals surface area contributed by atoms with E-state index in [2.05, 4.69) is 11.2 Å². The van der Waals surface area contributed by atoms with Crippen LogP contribution in [0.25, 0.3) is 10.9 Å². The van der Waals surface area contributed by atoms with Crippen LogP contribution < -0.4 is 0 Å². The van der Waals surface area contributed by atoms with Gasteiger partial charge in [0.25, 0.3) is 0 Å². The number of hydrogen-bond acceptors (Lipinski definition) is 2. The summed E-state index contributed by atoms with van der Waals surface area (Å²) in [4.78, 5) is 0. The molecule has 5 heteroatoms. The van der Waals surface area contributed by atoms with Crippen LogP contribution in [0.15, 0.2) is 36.4 Å². The first-order valence-corrected chi connectivity index (χ1v) is 7.35. The fraction of sp³-hybridized carbons (Fsp3) is 0.188. The lowest BCUT2D eigenvalue weighted by atomic mass is 10.1. The van der Waals surface area contributed by atoms with Crippen LogP contribution in [0.2, 0.25) is 10.0 Å². The van der Waals surface area contributed by atoms with E-state index >= 15 is 0 Å². The van der Waals surface area contributed by atoms with Crippen molar-refractivity contribution >= 4 is 34.1 Å². The van der Waals surface area contributed by atoms with Crippen molar-refractivity contribution in [3.8, 4) is 0 Å². The summed E-state index contributed by atoms with van der Waals surface area (Å²) in [7, 11) is 0. The Kier molecular flexibility index (Phi) is 3.89. The summed E-state index contributed by atoms with van der Waals surface area (Å²) < 4.78 is 1.86. The van der Waals surface area contributed by atoms with Gasteiger partial charge in [0.05, 0.1) is 24.4 Å². The van der Waals surface area contributed by atoms with Crippen molar-refractivity contribution in [1.29, 1.82) is 0 Å². The molecule has 0 saturated carbocycles. The lowest BCUT2D eigenvalue weighted by Crippen LogP contribution is -2.03. The zero-order valence-electron chi connectivity index (χ0n) is 11.5. The number of nitrogens with zero attached hydrogens (tertiary/aromatic N) is 2. The first kappa shape index (κ1) is 14.4. The average Bonchev–Trinajstić information content (AvgIpc) is 2.79. The van der Waals surface area contributed by atoms with Gasteiger partial charge in [-0.15, -0.1) is 0 Å². The van der Waals surface area contributed by atoms with E-state index < -0.39 is 0 Å². The molecule has 0 aliphatic heterocycles. The van der Waals surface area contributed by atoms with Gasteiger partial charge in [-0.3, -0.25) is 4.68 Å². The first-order chi connectivity index (χ1) is 10.1. The Labute approximate surface area is 132 Å². The molecule has 1 N–H and O–H groups in total. The molecule has 0 aliphatic rings. The number of aryl methyl sites for hydroxylation is 1. The maximum absolute atomic E-state index is 9.46. The normalized spacial score (nSPS) is 11.2. The van der Waals surface area contributed by atoms with E-state index in [-0.39, 0.29) is 6.61 Å². The lowest BCUT2D eigenvalue weighted by Gasteiger charge is -2.07. The van der Waals surface area contributed by atoms with Gasteiger partial charge in [0.15, 0.2) is 0 Å². The van der Waals surface area contributed by atoms with Crippen LogP contribution in [0.5, 0.6) is 0 Å². The zero-order valence-corrected chi connectivity index (χ0v) is 13.0. The van der Waals surface area contributed by atoms with Gasteiger partial charge < -0.3 is 5.11 Å². The molecule has 3 nitrogen and oxygen atoms in total. The standard InChI is InChI=1S/C16H14Cl2N2O/c1-10-2-5-13-15(9-21)19-20(16(13)6-10)8-11-3-4-12(17)7-14(11)18/h2-7,21H,8-9H2,1H3. The highest BCUT2D eigenvalue weighted by Crippen LogP contribution is 2.25. The van der Waals surface area contributed by atoms with Crippen LogP contribution in [0.1, 0.15) is 16.8 Å². The fourth-order valence-corrected chi connectivity index (χ4v) is 2.87. The number of aromatic nitrogens is 2. The molecule has 0 bridgehead atoms. The second-order valence-electron chi connectivity index (χ2n) is 5.02. The van der Waals surface area contributed by atoms with Gasteiger partial charge in [0, 0.05) is 15.4 Å². The Balaban J connectivity index is 2.09. The molecule has 21 heavy (non-hydrogen) atoms. The number of benzene rings is 2. The lowest BCUT2D eigenvalue weighted by molar-refractivity contribution is 0.276. The molecule has 0 spiro atoms. The maximum Gasteiger partial charge on any atom is 0.0957 e. The highest BCUT2D eigenvalue weighted by molar-refractivity contribution is 6.35. The molecule has 1 heterocycles. The molecule has 1 aromatic heterocycles. The van der Waals surface area contributed by atoms with E-state index in [0.717, 1.165) is 22.0 Å². The second kappa shape index (κ2) is 5.68. The fourth-order valence-electron chi connectivity index (χ4n) is 2.40. The molecular formula is C16H14Cl2N2O. The van der Waals surface area contributed by atoms with Gasteiger partial charge in [0.1, 0.15) is 0 Å². The van der Waals surface area contributed by atoms with Gasteiger partial charge in [-0.2, -0.15) is 5.10 Å². The molecule has 0 atom stereocenters. The Morgan fingerprint density at radius 1 is 1.14 bits per heavy atom.